The van der Waals surface area contributed by atoms with Gasteiger partial charge >= 0.3 is 6.09 Å². The third-order valence-corrected chi connectivity index (χ3v) is 6.88. The zero-order valence-electron chi connectivity index (χ0n) is 25.6. The van der Waals surface area contributed by atoms with E-state index in [9.17, 15) is 19.2 Å². The van der Waals surface area contributed by atoms with Crippen LogP contribution >= 0.6 is 11.6 Å². The van der Waals surface area contributed by atoms with Crippen LogP contribution in [-0.2, 0) is 19.1 Å². The average Bonchev–Trinajstić information content (AvgIpc) is 2.88. The summed E-state index contributed by atoms with van der Waals surface area (Å²) in [7, 11) is 0. The van der Waals surface area contributed by atoms with Crippen molar-refractivity contribution in [2.45, 2.75) is 97.8 Å². The van der Waals surface area contributed by atoms with Crippen LogP contribution in [0.2, 0.25) is 5.02 Å². The molecular weight excluding hydrogens is 556 g/mol. The minimum Gasteiger partial charge on any atom is -0.444 e. The normalized spacial score (nSPS) is 12.6. The molecule has 2 rings (SSSR count). The number of nitrogens with zero attached hydrogens (tertiary/aromatic N) is 1. The molecule has 0 heterocycles. The summed E-state index contributed by atoms with van der Waals surface area (Å²) in [4.78, 5) is 54.5. The molecule has 0 aliphatic rings. The minimum absolute atomic E-state index is 0.210. The van der Waals surface area contributed by atoms with Gasteiger partial charge in [-0.05, 0) is 58.2 Å². The highest BCUT2D eigenvalue weighted by molar-refractivity contribution is 6.34. The first-order valence-electron chi connectivity index (χ1n) is 14.4. The van der Waals surface area contributed by atoms with Crippen molar-refractivity contribution in [1.29, 1.82) is 0 Å². The first-order chi connectivity index (χ1) is 19.7. The average molecular weight is 601 g/mol. The van der Waals surface area contributed by atoms with Crippen LogP contribution in [-0.4, -0.2) is 46.9 Å². The summed E-state index contributed by atoms with van der Waals surface area (Å²) in [6.45, 7) is 11.1. The van der Waals surface area contributed by atoms with Crippen molar-refractivity contribution in [3.05, 3.63) is 64.2 Å². The molecule has 0 spiro atoms. The Labute approximate surface area is 254 Å². The van der Waals surface area contributed by atoms with E-state index in [1.165, 1.54) is 4.90 Å². The summed E-state index contributed by atoms with van der Waals surface area (Å²) >= 11 is 6.43. The van der Waals surface area contributed by atoms with E-state index in [4.69, 9.17) is 22.1 Å². The van der Waals surface area contributed by atoms with Gasteiger partial charge in [-0.25, -0.2) is 4.79 Å². The Balaban J connectivity index is 2.58. The van der Waals surface area contributed by atoms with Gasteiger partial charge in [-0.2, -0.15) is 0 Å². The molecule has 230 valence electrons. The summed E-state index contributed by atoms with van der Waals surface area (Å²) in [5.74, 6) is -1.88. The quantitative estimate of drug-likeness (QED) is 0.222. The van der Waals surface area contributed by atoms with E-state index in [2.05, 4.69) is 17.6 Å². The monoisotopic (exact) mass is 600 g/mol. The number of hydrogen-bond acceptors (Lipinski definition) is 5. The van der Waals surface area contributed by atoms with Crippen LogP contribution in [0.4, 0.5) is 10.5 Å². The fourth-order valence-corrected chi connectivity index (χ4v) is 4.87. The molecule has 0 bridgehead atoms. The van der Waals surface area contributed by atoms with Crippen LogP contribution in [0.3, 0.4) is 0 Å². The van der Waals surface area contributed by atoms with Crippen LogP contribution in [0, 0.1) is 13.8 Å². The van der Waals surface area contributed by atoms with E-state index in [1.54, 1.807) is 39.0 Å². The molecule has 2 aromatic rings. The Morgan fingerprint density at radius 3 is 2.26 bits per heavy atom. The van der Waals surface area contributed by atoms with Gasteiger partial charge in [-0.15, -0.1) is 0 Å². The van der Waals surface area contributed by atoms with Crippen molar-refractivity contribution in [2.24, 2.45) is 5.73 Å². The number of para-hydroxylation sites is 1. The second-order valence-corrected chi connectivity index (χ2v) is 12.0. The van der Waals surface area contributed by atoms with Gasteiger partial charge in [0.2, 0.25) is 11.8 Å². The number of aryl methyl sites for hydroxylation is 2. The number of unbranched alkanes of at least 4 members (excludes halogenated alkanes) is 4. The number of ether oxygens (including phenoxy) is 1. The van der Waals surface area contributed by atoms with Gasteiger partial charge < -0.3 is 26.0 Å². The zero-order chi connectivity index (χ0) is 31.4. The molecule has 42 heavy (non-hydrogen) atoms. The molecular formula is C32H45ClN4O5. The molecule has 0 aliphatic carbocycles. The van der Waals surface area contributed by atoms with Gasteiger partial charge in [0, 0.05) is 6.54 Å². The van der Waals surface area contributed by atoms with Crippen LogP contribution in [0.15, 0.2) is 42.5 Å². The standard InChI is InChI=1S/C32H45ClN4O5/c1-7-8-9-10-11-18-37(30(40)25(20-26(34)38)35-31(41)42-32(4,5)6)28(23-16-12-14-21(2)19-23)29(39)36-27-22(3)15-13-17-24(27)33/h12-17,19,25,28H,7-11,18,20H2,1-6H3,(H2,34,38)(H,35,41)(H,36,39). The molecule has 0 aromatic heterocycles. The number of nitrogens with one attached hydrogen (secondary N) is 2. The predicted molar refractivity (Wildman–Crippen MR) is 166 cm³/mol. The first kappa shape index (κ1) is 34.6. The van der Waals surface area contributed by atoms with Crippen molar-refractivity contribution in [3.8, 4) is 0 Å². The summed E-state index contributed by atoms with van der Waals surface area (Å²) in [5.41, 5.74) is 7.34. The molecule has 0 saturated carbocycles. The molecule has 4 amide bonds. The SMILES string of the molecule is CCCCCCCN(C(=O)C(CC(N)=O)NC(=O)OC(C)(C)C)C(C(=O)Nc1c(C)cccc1Cl)c1cccc(C)c1. The van der Waals surface area contributed by atoms with E-state index >= 15 is 0 Å². The summed E-state index contributed by atoms with van der Waals surface area (Å²) in [6, 6.07) is 10.2. The van der Waals surface area contributed by atoms with Gasteiger partial charge in [0.25, 0.3) is 5.91 Å². The Morgan fingerprint density at radius 1 is 1.00 bits per heavy atom. The Kier molecular flexibility index (Phi) is 13.3. The molecule has 0 radical (unpaired) electrons. The zero-order valence-corrected chi connectivity index (χ0v) is 26.3. The van der Waals surface area contributed by atoms with Crippen LogP contribution < -0.4 is 16.4 Å². The van der Waals surface area contributed by atoms with E-state index < -0.39 is 47.9 Å². The maximum atomic E-state index is 14.2. The van der Waals surface area contributed by atoms with E-state index in [0.717, 1.165) is 36.8 Å². The number of rotatable bonds is 14. The number of carbonyl (C=O) groups is 4. The molecule has 0 saturated heterocycles. The minimum atomic E-state index is -1.34. The molecule has 10 heteroatoms. The lowest BCUT2D eigenvalue weighted by molar-refractivity contribution is -0.142. The molecule has 2 atom stereocenters. The molecule has 0 aliphatic heterocycles. The number of benzene rings is 2. The van der Waals surface area contributed by atoms with Gasteiger partial charge in [0.1, 0.15) is 17.7 Å². The molecule has 0 fully saturated rings. The van der Waals surface area contributed by atoms with E-state index in [0.29, 0.717) is 22.7 Å². The number of anilines is 1. The van der Waals surface area contributed by atoms with Crippen molar-refractivity contribution in [3.63, 3.8) is 0 Å². The van der Waals surface area contributed by atoms with Gasteiger partial charge in [-0.1, -0.05) is 86.2 Å². The number of primary amides is 1. The Hall–Kier alpha value is -3.59. The van der Waals surface area contributed by atoms with Crippen molar-refractivity contribution >= 4 is 41.1 Å². The van der Waals surface area contributed by atoms with Gasteiger partial charge in [0.15, 0.2) is 0 Å². The number of alkyl carbamates (subject to hydrolysis) is 1. The number of amides is 4. The lowest BCUT2D eigenvalue weighted by Gasteiger charge is -2.34. The van der Waals surface area contributed by atoms with Crippen molar-refractivity contribution in [1.82, 2.24) is 10.2 Å². The van der Waals surface area contributed by atoms with Crippen LogP contribution in [0.25, 0.3) is 0 Å². The summed E-state index contributed by atoms with van der Waals surface area (Å²) in [6.07, 6.45) is 3.19. The molecule has 4 N–H and O–H groups in total. The predicted octanol–water partition coefficient (Wildman–Crippen LogP) is 6.20. The highest BCUT2D eigenvalue weighted by Crippen LogP contribution is 2.30. The first-order valence-corrected chi connectivity index (χ1v) is 14.8. The Bertz CT molecular complexity index is 1220. The third-order valence-electron chi connectivity index (χ3n) is 6.57. The topological polar surface area (TPSA) is 131 Å². The smallest absolute Gasteiger partial charge is 0.408 e. The van der Waals surface area contributed by atoms with E-state index in [-0.39, 0.29) is 6.54 Å². The second kappa shape index (κ2) is 16.2. The molecule has 2 aromatic carbocycles. The lowest BCUT2D eigenvalue weighted by Crippen LogP contribution is -2.53. The lowest BCUT2D eigenvalue weighted by atomic mass is 9.99. The largest absolute Gasteiger partial charge is 0.444 e. The van der Waals surface area contributed by atoms with Crippen molar-refractivity contribution < 1.29 is 23.9 Å². The van der Waals surface area contributed by atoms with Crippen molar-refractivity contribution in [2.75, 3.05) is 11.9 Å². The summed E-state index contributed by atoms with van der Waals surface area (Å²) < 4.78 is 5.35. The number of carbonyl (C=O) groups excluding carboxylic acids is 4. The van der Waals surface area contributed by atoms with Gasteiger partial charge in [-0.3, -0.25) is 14.4 Å². The molecule has 2 unspecified atom stereocenters. The van der Waals surface area contributed by atoms with Gasteiger partial charge in [0.05, 0.1) is 17.1 Å². The fourth-order valence-electron chi connectivity index (χ4n) is 4.60. The summed E-state index contributed by atoms with van der Waals surface area (Å²) in [5, 5.41) is 5.80. The fraction of sp³-hybridized carbons (Fsp3) is 0.500. The van der Waals surface area contributed by atoms with Crippen LogP contribution in [0.5, 0.6) is 0 Å². The van der Waals surface area contributed by atoms with Crippen LogP contribution in [0.1, 0.15) is 89.0 Å². The maximum Gasteiger partial charge on any atom is 0.408 e. The second-order valence-electron chi connectivity index (χ2n) is 11.6. The maximum absolute atomic E-state index is 14.2. The highest BCUT2D eigenvalue weighted by Gasteiger charge is 2.37. The number of halogens is 1. The Morgan fingerprint density at radius 2 is 1.67 bits per heavy atom. The number of nitrogens with two attached hydrogens (primary N) is 1. The highest BCUT2D eigenvalue weighted by atomic mass is 35.5. The molecule has 9 nitrogen and oxygen atoms in total. The number of hydrogen-bond donors (Lipinski definition) is 3. The van der Waals surface area contributed by atoms with E-state index in [1.807, 2.05) is 38.1 Å². The third kappa shape index (κ3) is 11.0.